The van der Waals surface area contributed by atoms with E-state index in [9.17, 15) is 29.3 Å². The number of hydrogen-bond acceptors (Lipinski definition) is 6. The molecule has 4 amide bonds. The zero-order valence-electron chi connectivity index (χ0n) is 11.8. The van der Waals surface area contributed by atoms with Crippen molar-refractivity contribution in [1.29, 1.82) is 0 Å². The highest BCUT2D eigenvalue weighted by atomic mass is 16.6. The predicted molar refractivity (Wildman–Crippen MR) is 74.4 cm³/mol. The summed E-state index contributed by atoms with van der Waals surface area (Å²) >= 11 is 0. The molecule has 2 aliphatic rings. The number of carbonyl (C=O) groups is 4. The molecule has 2 aliphatic heterocycles. The minimum Gasteiger partial charge on any atom is -0.295 e. The number of imide groups is 2. The van der Waals surface area contributed by atoms with Crippen LogP contribution in [0.1, 0.15) is 40.0 Å². The molecule has 1 fully saturated rings. The summed E-state index contributed by atoms with van der Waals surface area (Å²) in [5.41, 5.74) is -0.896. The van der Waals surface area contributed by atoms with Crippen LogP contribution in [-0.2, 0) is 9.59 Å². The Labute approximate surface area is 129 Å². The van der Waals surface area contributed by atoms with Crippen molar-refractivity contribution in [3.8, 4) is 0 Å². The van der Waals surface area contributed by atoms with Crippen molar-refractivity contribution in [2.24, 2.45) is 0 Å². The van der Waals surface area contributed by atoms with Gasteiger partial charge in [-0.3, -0.25) is 39.5 Å². The average Bonchev–Trinajstić information content (AvgIpc) is 2.64. The largest absolute Gasteiger partial charge is 0.295 e. The van der Waals surface area contributed by atoms with Gasteiger partial charge in [0.25, 0.3) is 17.5 Å². The standard InChI is InChI=1S/C14H11N3O6/c18-10-6-2-5-9(12(19)15-10)16-13(20)7-3-1-4-8(17(22)23)11(7)14(16)21/h1,3-4,9H,2,5-6H2,(H,15,18,19)/t9-/m0/s1. The number of rotatable bonds is 2. The van der Waals surface area contributed by atoms with Crippen LogP contribution in [0.5, 0.6) is 0 Å². The van der Waals surface area contributed by atoms with Gasteiger partial charge in [0.2, 0.25) is 11.8 Å². The number of nitro groups is 1. The van der Waals surface area contributed by atoms with E-state index in [4.69, 9.17) is 0 Å². The monoisotopic (exact) mass is 317 g/mol. The SMILES string of the molecule is O=C1CCC[C@H](N2C(=O)c3cccc([N+](=O)[O-])c3C2=O)C(=O)N1. The molecule has 2 heterocycles. The molecule has 0 spiro atoms. The van der Waals surface area contributed by atoms with E-state index in [1.807, 2.05) is 0 Å². The van der Waals surface area contributed by atoms with Crippen LogP contribution in [0, 0.1) is 10.1 Å². The molecule has 1 saturated heterocycles. The first-order chi connectivity index (χ1) is 10.9. The molecule has 1 N–H and O–H groups in total. The second-order valence-corrected chi connectivity index (χ2v) is 5.26. The highest BCUT2D eigenvalue weighted by Gasteiger charge is 2.46. The molecular weight excluding hydrogens is 306 g/mol. The maximum Gasteiger partial charge on any atom is 0.282 e. The van der Waals surface area contributed by atoms with Gasteiger partial charge in [-0.05, 0) is 18.9 Å². The van der Waals surface area contributed by atoms with Crippen LogP contribution in [-0.4, -0.2) is 39.5 Å². The highest BCUT2D eigenvalue weighted by molar-refractivity contribution is 6.24. The summed E-state index contributed by atoms with van der Waals surface area (Å²) in [6.45, 7) is 0. The van der Waals surface area contributed by atoms with Gasteiger partial charge in [0.1, 0.15) is 11.6 Å². The Bertz CT molecular complexity index is 772. The lowest BCUT2D eigenvalue weighted by Crippen LogP contribution is -2.49. The minimum atomic E-state index is -1.14. The quantitative estimate of drug-likeness (QED) is 0.477. The number of nitrogens with zero attached hydrogens (tertiary/aromatic N) is 2. The van der Waals surface area contributed by atoms with Gasteiger partial charge in [0, 0.05) is 12.5 Å². The lowest BCUT2D eigenvalue weighted by Gasteiger charge is -2.22. The molecule has 3 rings (SSSR count). The Morgan fingerprint density at radius 3 is 2.61 bits per heavy atom. The molecular formula is C14H11N3O6. The summed E-state index contributed by atoms with van der Waals surface area (Å²) < 4.78 is 0. The van der Waals surface area contributed by atoms with Gasteiger partial charge in [-0.1, -0.05) is 6.07 Å². The molecule has 0 radical (unpaired) electrons. The summed E-state index contributed by atoms with van der Waals surface area (Å²) in [7, 11) is 0. The molecule has 118 valence electrons. The number of amides is 4. The Morgan fingerprint density at radius 2 is 1.91 bits per heavy atom. The molecule has 1 aromatic rings. The van der Waals surface area contributed by atoms with Crippen molar-refractivity contribution >= 4 is 29.3 Å². The molecule has 9 nitrogen and oxygen atoms in total. The first-order valence-corrected chi connectivity index (χ1v) is 6.91. The maximum atomic E-state index is 12.5. The van der Waals surface area contributed by atoms with Crippen LogP contribution in [0.2, 0.25) is 0 Å². The minimum absolute atomic E-state index is 0.104. The summed E-state index contributed by atoms with van der Waals surface area (Å²) in [6.07, 6.45) is 0.583. The van der Waals surface area contributed by atoms with Gasteiger partial charge in [-0.15, -0.1) is 0 Å². The molecule has 0 saturated carbocycles. The Morgan fingerprint density at radius 1 is 1.17 bits per heavy atom. The van der Waals surface area contributed by atoms with E-state index in [0.29, 0.717) is 11.3 Å². The molecule has 23 heavy (non-hydrogen) atoms. The van der Waals surface area contributed by atoms with E-state index in [0.717, 1.165) is 6.07 Å². The molecule has 9 heteroatoms. The van der Waals surface area contributed by atoms with Crippen LogP contribution in [0.3, 0.4) is 0 Å². The number of nitrogens with one attached hydrogen (secondary N) is 1. The van der Waals surface area contributed by atoms with Crippen LogP contribution in [0.25, 0.3) is 0 Å². The van der Waals surface area contributed by atoms with Crippen molar-refractivity contribution in [2.75, 3.05) is 0 Å². The highest BCUT2D eigenvalue weighted by Crippen LogP contribution is 2.33. The third-order valence-electron chi connectivity index (χ3n) is 3.88. The molecule has 0 aromatic heterocycles. The summed E-state index contributed by atoms with van der Waals surface area (Å²) in [4.78, 5) is 59.4. The molecule has 0 bridgehead atoms. The number of fused-ring (bicyclic) bond motifs is 1. The fourth-order valence-corrected chi connectivity index (χ4v) is 2.84. The van der Waals surface area contributed by atoms with Gasteiger partial charge >= 0.3 is 0 Å². The Balaban J connectivity index is 2.03. The van der Waals surface area contributed by atoms with Crippen LogP contribution in [0.15, 0.2) is 18.2 Å². The Kier molecular flexibility index (Phi) is 3.40. The number of carbonyl (C=O) groups excluding carboxylic acids is 4. The van der Waals surface area contributed by atoms with Crippen molar-refractivity contribution in [1.82, 2.24) is 10.2 Å². The summed E-state index contributed by atoms with van der Waals surface area (Å²) in [6, 6.07) is 2.60. The van der Waals surface area contributed by atoms with Gasteiger partial charge in [-0.25, -0.2) is 0 Å². The molecule has 1 atom stereocenters. The van der Waals surface area contributed by atoms with Gasteiger partial charge in [0.15, 0.2) is 0 Å². The van der Waals surface area contributed by atoms with E-state index in [1.54, 1.807) is 0 Å². The summed E-state index contributed by atoms with van der Waals surface area (Å²) in [5, 5.41) is 13.2. The van der Waals surface area contributed by atoms with Crippen molar-refractivity contribution in [3.63, 3.8) is 0 Å². The second-order valence-electron chi connectivity index (χ2n) is 5.26. The smallest absolute Gasteiger partial charge is 0.282 e. The Hall–Kier alpha value is -3.10. The van der Waals surface area contributed by atoms with Gasteiger partial charge in [0.05, 0.1) is 10.5 Å². The molecule has 0 unspecified atom stereocenters. The molecule has 0 aliphatic carbocycles. The number of nitro benzene ring substituents is 1. The fourth-order valence-electron chi connectivity index (χ4n) is 2.84. The lowest BCUT2D eigenvalue weighted by molar-refractivity contribution is -0.385. The van der Waals surface area contributed by atoms with E-state index >= 15 is 0 Å². The van der Waals surface area contributed by atoms with Crippen molar-refractivity contribution < 1.29 is 24.1 Å². The van der Waals surface area contributed by atoms with E-state index in [2.05, 4.69) is 5.32 Å². The first kappa shape index (κ1) is 14.8. The first-order valence-electron chi connectivity index (χ1n) is 6.91. The van der Waals surface area contributed by atoms with Crippen LogP contribution in [0.4, 0.5) is 5.69 Å². The number of benzene rings is 1. The lowest BCUT2D eigenvalue weighted by atomic mass is 10.1. The zero-order valence-corrected chi connectivity index (χ0v) is 11.8. The predicted octanol–water partition coefficient (Wildman–Crippen LogP) is 0.386. The van der Waals surface area contributed by atoms with Crippen LogP contribution < -0.4 is 5.32 Å². The van der Waals surface area contributed by atoms with Crippen molar-refractivity contribution in [2.45, 2.75) is 25.3 Å². The third-order valence-corrected chi connectivity index (χ3v) is 3.88. The topological polar surface area (TPSA) is 127 Å². The number of hydrogen-bond donors (Lipinski definition) is 1. The van der Waals surface area contributed by atoms with E-state index in [-0.39, 0.29) is 24.0 Å². The maximum absolute atomic E-state index is 12.5. The molecule has 1 aromatic carbocycles. The normalized spacial score (nSPS) is 21.0. The fraction of sp³-hybridized carbons (Fsp3) is 0.286. The van der Waals surface area contributed by atoms with Crippen LogP contribution >= 0.6 is 0 Å². The van der Waals surface area contributed by atoms with E-state index < -0.39 is 40.3 Å². The van der Waals surface area contributed by atoms with Gasteiger partial charge in [-0.2, -0.15) is 0 Å². The summed E-state index contributed by atoms with van der Waals surface area (Å²) in [5.74, 6) is -2.86. The van der Waals surface area contributed by atoms with E-state index in [1.165, 1.54) is 12.1 Å². The third kappa shape index (κ3) is 2.26. The van der Waals surface area contributed by atoms with Crippen molar-refractivity contribution in [3.05, 3.63) is 39.4 Å². The second kappa shape index (κ2) is 5.27. The van der Waals surface area contributed by atoms with Gasteiger partial charge < -0.3 is 0 Å². The average molecular weight is 317 g/mol. The zero-order chi connectivity index (χ0) is 16.7.